The highest BCUT2D eigenvalue weighted by Gasteiger charge is 2.34. The van der Waals surface area contributed by atoms with Crippen LogP contribution in [-0.2, 0) is 22.4 Å². The van der Waals surface area contributed by atoms with Crippen LogP contribution < -0.4 is 0 Å². The topological polar surface area (TPSA) is 95.8 Å². The summed E-state index contributed by atoms with van der Waals surface area (Å²) < 4.78 is 6.39. The Morgan fingerprint density at radius 1 is 1.02 bits per heavy atom. The predicted octanol–water partition coefficient (Wildman–Crippen LogP) is 8.56. The van der Waals surface area contributed by atoms with E-state index in [2.05, 4.69) is 38.1 Å². The van der Waals surface area contributed by atoms with E-state index in [4.69, 9.17) is 4.42 Å². The van der Waals surface area contributed by atoms with Crippen LogP contribution in [0.3, 0.4) is 0 Å². The number of carbonyl (C=O) groups is 3. The third kappa shape index (κ3) is 7.81. The van der Waals surface area contributed by atoms with E-state index in [9.17, 15) is 14.4 Å². The molecule has 2 aliphatic rings. The van der Waals surface area contributed by atoms with Crippen LogP contribution in [0.15, 0.2) is 28.7 Å². The van der Waals surface area contributed by atoms with Crippen molar-refractivity contribution in [2.45, 2.75) is 118 Å². The summed E-state index contributed by atoms with van der Waals surface area (Å²) in [5, 5.41) is 0. The van der Waals surface area contributed by atoms with Crippen LogP contribution >= 0.6 is 0 Å². The van der Waals surface area contributed by atoms with E-state index in [0.717, 1.165) is 78.2 Å². The van der Waals surface area contributed by atoms with Gasteiger partial charge < -0.3 is 9.89 Å². The molecule has 0 spiro atoms. The van der Waals surface area contributed by atoms with Gasteiger partial charge in [0.15, 0.2) is 5.78 Å². The molecule has 5 nitrogen and oxygen atoms in total. The second-order valence-electron chi connectivity index (χ2n) is 12.4. The first-order valence-electron chi connectivity index (χ1n) is 15.6. The van der Waals surface area contributed by atoms with Gasteiger partial charge in [-0.25, -0.2) is 0 Å². The first kappa shape index (κ1) is 32.0. The van der Waals surface area contributed by atoms with E-state index in [-0.39, 0.29) is 49.9 Å². The Balaban J connectivity index is 0.00000294. The van der Waals surface area contributed by atoms with Crippen LogP contribution in [0.25, 0.3) is 11.3 Å². The van der Waals surface area contributed by atoms with E-state index in [0.29, 0.717) is 6.42 Å². The van der Waals surface area contributed by atoms with Crippen molar-refractivity contribution in [2.75, 3.05) is 0 Å². The maximum Gasteiger partial charge on any atom is 0.163 e. The minimum absolute atomic E-state index is 0. The molecule has 1 fully saturated rings. The van der Waals surface area contributed by atoms with Gasteiger partial charge in [0.25, 0.3) is 0 Å². The average molecular weight is 555 g/mol. The molecule has 40 heavy (non-hydrogen) atoms. The molecule has 1 aromatic carbocycles. The summed E-state index contributed by atoms with van der Waals surface area (Å²) in [5.41, 5.74) is 4.07. The Labute approximate surface area is 243 Å². The lowest BCUT2D eigenvalue weighted by Gasteiger charge is -2.32. The van der Waals surface area contributed by atoms with E-state index in [1.54, 1.807) is 0 Å². The SMILES string of the molecule is CCCC(CC1CC(=O)c2c(C)ccc(-c3ccc(CCC4CCCCC4)o3)c2C1)C(CC)C(=O)CC(C)=O.O.[HH].[HH]. The molecule has 2 N–H and O–H groups in total. The number of aryl methyl sites for hydroxylation is 2. The number of Topliss-reactive ketones (excluding diaryl/α,β-unsaturated/α-hetero) is 3. The summed E-state index contributed by atoms with van der Waals surface area (Å²) >= 11 is 0. The van der Waals surface area contributed by atoms with Gasteiger partial charge in [0.1, 0.15) is 23.1 Å². The van der Waals surface area contributed by atoms with Gasteiger partial charge in [-0.3, -0.25) is 14.4 Å². The quantitative estimate of drug-likeness (QED) is 0.232. The highest BCUT2D eigenvalue weighted by molar-refractivity contribution is 6.02. The highest BCUT2D eigenvalue weighted by atomic mass is 16.3. The van der Waals surface area contributed by atoms with Crippen LogP contribution in [0.2, 0.25) is 0 Å². The predicted molar refractivity (Wildman–Crippen MR) is 165 cm³/mol. The van der Waals surface area contributed by atoms with Crippen molar-refractivity contribution >= 4 is 17.3 Å². The average Bonchev–Trinajstić information content (AvgIpc) is 3.37. The zero-order chi connectivity index (χ0) is 27.9. The van der Waals surface area contributed by atoms with E-state index >= 15 is 0 Å². The van der Waals surface area contributed by atoms with Crippen molar-refractivity contribution in [2.24, 2.45) is 23.7 Å². The van der Waals surface area contributed by atoms with E-state index in [1.165, 1.54) is 45.4 Å². The van der Waals surface area contributed by atoms with Crippen LogP contribution in [-0.4, -0.2) is 22.8 Å². The molecule has 1 saturated carbocycles. The van der Waals surface area contributed by atoms with Gasteiger partial charge in [0.05, 0.1) is 6.42 Å². The summed E-state index contributed by atoms with van der Waals surface area (Å²) in [6.45, 7) is 7.74. The fraction of sp³-hybridized carbons (Fsp3) is 0.629. The smallest absolute Gasteiger partial charge is 0.163 e. The summed E-state index contributed by atoms with van der Waals surface area (Å²) in [6.07, 6.45) is 13.9. The number of benzene rings is 1. The van der Waals surface area contributed by atoms with Gasteiger partial charge in [0.2, 0.25) is 0 Å². The summed E-state index contributed by atoms with van der Waals surface area (Å²) in [4.78, 5) is 38.1. The highest BCUT2D eigenvalue weighted by Crippen LogP contribution is 2.40. The van der Waals surface area contributed by atoms with Crippen LogP contribution in [0, 0.1) is 30.6 Å². The standard InChI is InChI=1S/C35H48O4.H2O.2H2/c1-5-10-27(29(6-2)32(37)19-24(4)36)20-26-21-31-30(17-13-23(3)35(31)33(38)22-26)34-18-16-28(39-34)15-14-25-11-8-7-9-12-25;;;/h13,16-18,25-27,29H,5-12,14-15,19-22H2,1-4H3;1H2;2*1H. The van der Waals surface area contributed by atoms with Crippen LogP contribution in [0.4, 0.5) is 0 Å². The molecule has 5 heteroatoms. The molecular weight excluding hydrogens is 500 g/mol. The minimum Gasteiger partial charge on any atom is -0.461 e. The first-order valence-corrected chi connectivity index (χ1v) is 15.6. The van der Waals surface area contributed by atoms with Gasteiger partial charge in [0, 0.05) is 32.7 Å². The Kier molecular flexibility index (Phi) is 11.9. The van der Waals surface area contributed by atoms with Gasteiger partial charge in [-0.15, -0.1) is 0 Å². The molecule has 1 heterocycles. The number of ketones is 3. The number of hydrogen-bond acceptors (Lipinski definition) is 4. The van der Waals surface area contributed by atoms with Gasteiger partial charge in [-0.2, -0.15) is 0 Å². The largest absolute Gasteiger partial charge is 0.461 e. The monoisotopic (exact) mass is 554 g/mol. The molecule has 2 aliphatic carbocycles. The lowest BCUT2D eigenvalue weighted by Crippen LogP contribution is -2.30. The van der Waals surface area contributed by atoms with E-state index < -0.39 is 0 Å². The Morgan fingerprint density at radius 2 is 1.77 bits per heavy atom. The third-order valence-electron chi connectivity index (χ3n) is 9.36. The molecule has 2 aromatic rings. The summed E-state index contributed by atoms with van der Waals surface area (Å²) in [5.74, 6) is 3.24. The maximum absolute atomic E-state index is 13.5. The molecule has 0 amide bonds. The van der Waals surface area contributed by atoms with Gasteiger partial charge in [-0.1, -0.05) is 70.9 Å². The molecule has 0 saturated heterocycles. The summed E-state index contributed by atoms with van der Waals surface area (Å²) in [6, 6.07) is 8.39. The third-order valence-corrected chi connectivity index (χ3v) is 9.36. The number of furan rings is 1. The van der Waals surface area contributed by atoms with Gasteiger partial charge >= 0.3 is 0 Å². The van der Waals surface area contributed by atoms with Crippen molar-refractivity contribution in [3.05, 3.63) is 46.7 Å². The fourth-order valence-electron chi connectivity index (χ4n) is 7.45. The molecular formula is C35H54O5. The van der Waals surface area contributed by atoms with Gasteiger partial charge in [-0.05, 0) is 80.5 Å². The van der Waals surface area contributed by atoms with Crippen LogP contribution in [0.5, 0.6) is 0 Å². The van der Waals surface area contributed by atoms with Crippen molar-refractivity contribution in [3.63, 3.8) is 0 Å². The molecule has 224 valence electrons. The van der Waals surface area contributed by atoms with E-state index in [1.807, 2.05) is 6.92 Å². The molecule has 0 radical (unpaired) electrons. The number of rotatable bonds is 13. The second-order valence-corrected chi connectivity index (χ2v) is 12.4. The number of hydrogen-bond donors (Lipinski definition) is 0. The lowest BCUT2D eigenvalue weighted by molar-refractivity contribution is -0.129. The Bertz CT molecular complexity index is 1160. The zero-order valence-corrected chi connectivity index (χ0v) is 25.2. The summed E-state index contributed by atoms with van der Waals surface area (Å²) in [7, 11) is 0. The maximum atomic E-state index is 13.5. The molecule has 3 atom stereocenters. The Hall–Kier alpha value is -2.53. The minimum atomic E-state index is -0.112. The molecule has 1 aromatic heterocycles. The van der Waals surface area contributed by atoms with Crippen molar-refractivity contribution < 1.29 is 27.1 Å². The van der Waals surface area contributed by atoms with Crippen molar-refractivity contribution in [1.29, 1.82) is 0 Å². The Morgan fingerprint density at radius 3 is 2.45 bits per heavy atom. The molecule has 0 bridgehead atoms. The lowest BCUT2D eigenvalue weighted by atomic mass is 9.71. The molecule has 3 unspecified atom stereocenters. The zero-order valence-electron chi connectivity index (χ0n) is 25.2. The first-order chi connectivity index (χ1) is 18.8. The van der Waals surface area contributed by atoms with Crippen LogP contribution in [0.1, 0.15) is 128 Å². The van der Waals surface area contributed by atoms with Crippen molar-refractivity contribution in [3.8, 4) is 11.3 Å². The number of carbonyl (C=O) groups excluding carboxylic acids is 3. The fourth-order valence-corrected chi connectivity index (χ4v) is 7.45. The molecule has 0 aliphatic heterocycles. The molecule has 4 rings (SSSR count). The normalized spacial score (nSPS) is 19.0. The van der Waals surface area contributed by atoms with Crippen molar-refractivity contribution in [1.82, 2.24) is 0 Å². The second kappa shape index (κ2) is 14.9. The number of fused-ring (bicyclic) bond motifs is 1.